The molecular weight excluding hydrogens is 256 g/mol. The van der Waals surface area contributed by atoms with Gasteiger partial charge >= 0.3 is 0 Å². The van der Waals surface area contributed by atoms with Crippen molar-refractivity contribution in [3.63, 3.8) is 0 Å². The molecule has 3 rings (SSSR count). The maximum absolute atomic E-state index is 12.6. The third kappa shape index (κ3) is 2.43. The molecule has 3 fully saturated rings. The van der Waals surface area contributed by atoms with E-state index in [-0.39, 0.29) is 16.7 Å². The Hall–Kier alpha value is -1.10. The van der Waals surface area contributed by atoms with Crippen molar-refractivity contribution in [1.29, 1.82) is 0 Å². The summed E-state index contributed by atoms with van der Waals surface area (Å²) in [6.45, 7) is 3.08. The minimum Gasteiger partial charge on any atom is -0.385 e. The fourth-order valence-electron chi connectivity index (χ4n) is 3.64. The highest BCUT2D eigenvalue weighted by atomic mass is 16.5. The van der Waals surface area contributed by atoms with Crippen molar-refractivity contribution >= 4 is 11.8 Å². The van der Waals surface area contributed by atoms with E-state index in [1.807, 2.05) is 4.90 Å². The number of nitrogens with one attached hydrogen (secondary N) is 1. The predicted molar refractivity (Wildman–Crippen MR) is 74.0 cm³/mol. The minimum atomic E-state index is -0.121. The fraction of sp³-hybridized carbons (Fsp3) is 0.867. The Bertz CT molecular complexity index is 409. The molecule has 2 amide bonds. The molecule has 2 saturated heterocycles. The van der Waals surface area contributed by atoms with Gasteiger partial charge in [-0.2, -0.15) is 0 Å². The Morgan fingerprint density at radius 2 is 2.00 bits per heavy atom. The summed E-state index contributed by atoms with van der Waals surface area (Å²) in [5.74, 6) is 0.491. The van der Waals surface area contributed by atoms with Crippen molar-refractivity contribution < 1.29 is 14.3 Å². The highest BCUT2D eigenvalue weighted by Crippen LogP contribution is 2.51. The van der Waals surface area contributed by atoms with Crippen molar-refractivity contribution in [2.75, 3.05) is 33.4 Å². The van der Waals surface area contributed by atoms with Gasteiger partial charge in [-0.3, -0.25) is 9.59 Å². The zero-order valence-electron chi connectivity index (χ0n) is 12.2. The average Bonchev–Trinajstić information content (AvgIpc) is 3.17. The number of methoxy groups -OCH3 is 1. The normalized spacial score (nSPS) is 26.6. The van der Waals surface area contributed by atoms with Gasteiger partial charge in [0.25, 0.3) is 0 Å². The van der Waals surface area contributed by atoms with Crippen LogP contribution in [0.3, 0.4) is 0 Å². The molecule has 0 unspecified atom stereocenters. The van der Waals surface area contributed by atoms with Crippen LogP contribution in [0.1, 0.15) is 38.5 Å². The minimum absolute atomic E-state index is 0.121. The third-order valence-electron chi connectivity index (χ3n) is 5.40. The standard InChI is InChI=1S/C15H24N2O3/c1-20-9-6-15(2-3-15)13(19)17-7-4-14(5-8-17)10-12(18)16-11-14/h2-11H2,1H3,(H,16,18). The lowest BCUT2D eigenvalue weighted by Gasteiger charge is -2.39. The second-order valence-corrected chi connectivity index (χ2v) is 6.77. The first-order valence-electron chi connectivity index (χ1n) is 7.64. The summed E-state index contributed by atoms with van der Waals surface area (Å²) in [6.07, 6.45) is 5.43. The summed E-state index contributed by atoms with van der Waals surface area (Å²) in [5.41, 5.74) is 0.00136. The van der Waals surface area contributed by atoms with Crippen molar-refractivity contribution in [3.8, 4) is 0 Å². The second-order valence-electron chi connectivity index (χ2n) is 6.77. The number of hydrogen-bond acceptors (Lipinski definition) is 3. The molecule has 0 atom stereocenters. The van der Waals surface area contributed by atoms with Gasteiger partial charge < -0.3 is 15.0 Å². The van der Waals surface area contributed by atoms with Crippen molar-refractivity contribution in [3.05, 3.63) is 0 Å². The summed E-state index contributed by atoms with van der Waals surface area (Å²) in [7, 11) is 1.69. The number of carbonyl (C=O) groups excluding carboxylic acids is 2. The smallest absolute Gasteiger partial charge is 0.228 e. The molecular formula is C15H24N2O3. The number of nitrogens with zero attached hydrogens (tertiary/aromatic N) is 1. The highest BCUT2D eigenvalue weighted by molar-refractivity contribution is 5.85. The van der Waals surface area contributed by atoms with E-state index in [1.54, 1.807) is 7.11 Å². The number of carbonyl (C=O) groups is 2. The van der Waals surface area contributed by atoms with Crippen LogP contribution in [0.25, 0.3) is 0 Å². The topological polar surface area (TPSA) is 58.6 Å². The molecule has 1 aliphatic carbocycles. The van der Waals surface area contributed by atoms with Crippen LogP contribution in [-0.2, 0) is 14.3 Å². The lowest BCUT2D eigenvalue weighted by molar-refractivity contribution is -0.140. The van der Waals surface area contributed by atoms with Gasteiger partial charge in [-0.05, 0) is 37.5 Å². The van der Waals surface area contributed by atoms with Gasteiger partial charge in [0.15, 0.2) is 0 Å². The van der Waals surface area contributed by atoms with E-state index in [0.717, 1.165) is 51.7 Å². The highest BCUT2D eigenvalue weighted by Gasteiger charge is 2.52. The van der Waals surface area contributed by atoms with Crippen LogP contribution in [-0.4, -0.2) is 50.1 Å². The summed E-state index contributed by atoms with van der Waals surface area (Å²) < 4.78 is 5.13. The Balaban J connectivity index is 1.56. The molecule has 3 aliphatic rings. The quantitative estimate of drug-likeness (QED) is 0.833. The second kappa shape index (κ2) is 5.02. The molecule has 2 aliphatic heterocycles. The Morgan fingerprint density at radius 3 is 2.50 bits per heavy atom. The zero-order chi connectivity index (χ0) is 14.2. The predicted octanol–water partition coefficient (Wildman–Crippen LogP) is 0.932. The van der Waals surface area contributed by atoms with Crippen molar-refractivity contribution in [2.45, 2.75) is 38.5 Å². The van der Waals surface area contributed by atoms with Gasteiger partial charge in [0.05, 0.1) is 5.41 Å². The molecule has 1 saturated carbocycles. The molecule has 0 aromatic carbocycles. The SMILES string of the molecule is COCCC1(C(=O)N2CCC3(CC2)CNC(=O)C3)CC1. The van der Waals surface area contributed by atoms with Crippen LogP contribution in [0, 0.1) is 10.8 Å². The van der Waals surface area contributed by atoms with Gasteiger partial charge in [0, 0.05) is 39.8 Å². The first kappa shape index (κ1) is 13.9. The number of amides is 2. The van der Waals surface area contributed by atoms with Crippen LogP contribution < -0.4 is 5.32 Å². The van der Waals surface area contributed by atoms with Gasteiger partial charge in [0.1, 0.15) is 0 Å². The van der Waals surface area contributed by atoms with Crippen LogP contribution in [0.4, 0.5) is 0 Å². The van der Waals surface area contributed by atoms with Crippen LogP contribution in [0.2, 0.25) is 0 Å². The van der Waals surface area contributed by atoms with E-state index in [0.29, 0.717) is 18.9 Å². The molecule has 0 aromatic rings. The van der Waals surface area contributed by atoms with Crippen LogP contribution in [0.5, 0.6) is 0 Å². The molecule has 0 bridgehead atoms. The largest absolute Gasteiger partial charge is 0.385 e. The fourth-order valence-corrected chi connectivity index (χ4v) is 3.64. The molecule has 1 N–H and O–H groups in total. The van der Waals surface area contributed by atoms with E-state index in [2.05, 4.69) is 5.32 Å². The lowest BCUT2D eigenvalue weighted by atomic mass is 9.77. The van der Waals surface area contributed by atoms with Crippen molar-refractivity contribution in [1.82, 2.24) is 10.2 Å². The molecule has 0 radical (unpaired) electrons. The third-order valence-corrected chi connectivity index (χ3v) is 5.40. The summed E-state index contributed by atoms with van der Waals surface area (Å²) >= 11 is 0. The Labute approximate surface area is 120 Å². The molecule has 2 heterocycles. The first-order valence-corrected chi connectivity index (χ1v) is 7.64. The number of hydrogen-bond donors (Lipinski definition) is 1. The number of ether oxygens (including phenoxy) is 1. The van der Waals surface area contributed by atoms with E-state index in [9.17, 15) is 9.59 Å². The number of likely N-dealkylation sites (tertiary alicyclic amines) is 1. The molecule has 0 aromatic heterocycles. The van der Waals surface area contributed by atoms with Crippen molar-refractivity contribution in [2.24, 2.45) is 10.8 Å². The number of piperidine rings is 1. The van der Waals surface area contributed by atoms with E-state index in [1.165, 1.54) is 0 Å². The molecule has 5 heteroatoms. The van der Waals surface area contributed by atoms with E-state index < -0.39 is 0 Å². The van der Waals surface area contributed by atoms with Gasteiger partial charge in [-0.15, -0.1) is 0 Å². The van der Waals surface area contributed by atoms with Crippen LogP contribution >= 0.6 is 0 Å². The maximum Gasteiger partial charge on any atom is 0.228 e. The van der Waals surface area contributed by atoms with E-state index >= 15 is 0 Å². The average molecular weight is 280 g/mol. The van der Waals surface area contributed by atoms with Gasteiger partial charge in [0.2, 0.25) is 11.8 Å². The van der Waals surface area contributed by atoms with Gasteiger partial charge in [-0.25, -0.2) is 0 Å². The monoisotopic (exact) mass is 280 g/mol. The molecule has 5 nitrogen and oxygen atoms in total. The molecule has 20 heavy (non-hydrogen) atoms. The summed E-state index contributed by atoms with van der Waals surface area (Å²) in [6, 6.07) is 0. The Kier molecular flexibility index (Phi) is 3.48. The first-order chi connectivity index (χ1) is 9.59. The summed E-state index contributed by atoms with van der Waals surface area (Å²) in [4.78, 5) is 26.1. The molecule has 112 valence electrons. The number of rotatable bonds is 4. The maximum atomic E-state index is 12.6. The Morgan fingerprint density at radius 1 is 1.30 bits per heavy atom. The van der Waals surface area contributed by atoms with E-state index in [4.69, 9.17) is 4.74 Å². The molecule has 1 spiro atoms. The summed E-state index contributed by atoms with van der Waals surface area (Å²) in [5, 5.41) is 2.94. The van der Waals surface area contributed by atoms with Crippen LogP contribution in [0.15, 0.2) is 0 Å². The lowest BCUT2D eigenvalue weighted by Crippen LogP contribution is -2.46. The zero-order valence-corrected chi connectivity index (χ0v) is 12.2. The van der Waals surface area contributed by atoms with Gasteiger partial charge in [-0.1, -0.05) is 0 Å².